The van der Waals surface area contributed by atoms with Gasteiger partial charge in [-0.1, -0.05) is 29.3 Å². The maximum atomic E-state index is 14.9. The highest BCUT2D eigenvalue weighted by Gasteiger charge is 2.33. The number of pyridine rings is 1. The molecule has 2 atom stereocenters. The van der Waals surface area contributed by atoms with E-state index in [2.05, 4.69) is 15.6 Å². The van der Waals surface area contributed by atoms with Gasteiger partial charge >= 0.3 is 6.03 Å². The van der Waals surface area contributed by atoms with E-state index in [0.717, 1.165) is 24.6 Å². The summed E-state index contributed by atoms with van der Waals surface area (Å²) in [4.78, 5) is 30.7. The van der Waals surface area contributed by atoms with Gasteiger partial charge in [0.05, 0.1) is 16.8 Å². The summed E-state index contributed by atoms with van der Waals surface area (Å²) >= 11 is 12.2. The van der Waals surface area contributed by atoms with Crippen LogP contribution in [-0.2, 0) is 4.79 Å². The van der Waals surface area contributed by atoms with Crippen molar-refractivity contribution in [2.45, 2.75) is 37.8 Å². The maximum absolute atomic E-state index is 14.9. The Morgan fingerprint density at radius 3 is 2.74 bits per heavy atom. The first-order valence-electron chi connectivity index (χ1n) is 9.91. The first-order valence-corrected chi connectivity index (χ1v) is 10.7. The Bertz CT molecular complexity index is 1050. The first kappa shape index (κ1) is 21.8. The molecular weight excluding hydrogens is 449 g/mol. The van der Waals surface area contributed by atoms with Gasteiger partial charge < -0.3 is 15.5 Å². The van der Waals surface area contributed by atoms with Crippen LogP contribution in [0.3, 0.4) is 0 Å². The lowest BCUT2D eigenvalue weighted by molar-refractivity contribution is -0.126. The standard InChI is InChI=1S/C21H20Cl2F2N4O2/c1-10-20(30)26-6-7-29(10)21(31)28-18(13-4-5-15(24)16(23)17(13)25)12-8-14(22)19(27-9-12)11-2-3-11/h4-5,8-11,18H,2-3,6-7H2,1H3,(H,26,30)(H,28,31)/t10-,18+/m1/s1. The Morgan fingerprint density at radius 2 is 2.06 bits per heavy atom. The summed E-state index contributed by atoms with van der Waals surface area (Å²) in [5, 5.41) is 5.16. The number of nitrogens with zero attached hydrogens (tertiary/aromatic N) is 2. The predicted octanol–water partition coefficient (Wildman–Crippen LogP) is 4.16. The molecule has 0 spiro atoms. The van der Waals surface area contributed by atoms with Crippen molar-refractivity contribution in [1.82, 2.24) is 20.5 Å². The van der Waals surface area contributed by atoms with Crippen molar-refractivity contribution in [2.24, 2.45) is 0 Å². The molecule has 2 aliphatic rings. The molecule has 1 aromatic heterocycles. The van der Waals surface area contributed by atoms with E-state index >= 15 is 0 Å². The zero-order chi connectivity index (χ0) is 22.3. The average Bonchev–Trinajstić information content (AvgIpc) is 3.58. The van der Waals surface area contributed by atoms with E-state index in [1.54, 1.807) is 13.0 Å². The molecule has 1 aromatic carbocycles. The Morgan fingerprint density at radius 1 is 1.32 bits per heavy atom. The van der Waals surface area contributed by atoms with Crippen molar-refractivity contribution in [3.05, 3.63) is 62.9 Å². The van der Waals surface area contributed by atoms with Crippen molar-refractivity contribution in [3.63, 3.8) is 0 Å². The summed E-state index contributed by atoms with van der Waals surface area (Å²) in [5.41, 5.74) is 1.14. The highest BCUT2D eigenvalue weighted by atomic mass is 35.5. The van der Waals surface area contributed by atoms with Crippen LogP contribution in [0.1, 0.15) is 48.5 Å². The molecule has 1 aliphatic heterocycles. The second-order valence-electron chi connectivity index (χ2n) is 7.72. The summed E-state index contributed by atoms with van der Waals surface area (Å²) in [6, 6.07) is 1.56. The topological polar surface area (TPSA) is 74.3 Å². The zero-order valence-corrected chi connectivity index (χ0v) is 18.1. The first-order chi connectivity index (χ1) is 14.8. The third-order valence-corrected chi connectivity index (χ3v) is 6.24. The van der Waals surface area contributed by atoms with Gasteiger partial charge in [-0.2, -0.15) is 0 Å². The molecule has 31 heavy (non-hydrogen) atoms. The van der Waals surface area contributed by atoms with Crippen LogP contribution in [0.2, 0.25) is 10.0 Å². The lowest BCUT2D eigenvalue weighted by Crippen LogP contribution is -2.58. The molecule has 2 heterocycles. The van der Waals surface area contributed by atoms with Crippen molar-refractivity contribution in [2.75, 3.05) is 13.1 Å². The van der Waals surface area contributed by atoms with Crippen LogP contribution in [0, 0.1) is 11.6 Å². The fraction of sp³-hybridized carbons (Fsp3) is 0.381. The fourth-order valence-corrected chi connectivity index (χ4v) is 4.15. The normalized spacial score (nSPS) is 19.7. The Balaban J connectivity index is 1.71. The number of benzene rings is 1. The molecule has 2 aromatic rings. The molecule has 6 nitrogen and oxygen atoms in total. The van der Waals surface area contributed by atoms with Crippen molar-refractivity contribution in [3.8, 4) is 0 Å². The van der Waals surface area contributed by atoms with E-state index in [-0.39, 0.29) is 18.0 Å². The number of nitrogens with one attached hydrogen (secondary N) is 2. The van der Waals surface area contributed by atoms with Crippen molar-refractivity contribution in [1.29, 1.82) is 0 Å². The lowest BCUT2D eigenvalue weighted by Gasteiger charge is -2.34. The van der Waals surface area contributed by atoms with Gasteiger partial charge in [-0.3, -0.25) is 9.78 Å². The summed E-state index contributed by atoms with van der Waals surface area (Å²) < 4.78 is 28.6. The van der Waals surface area contributed by atoms with Gasteiger partial charge in [0.15, 0.2) is 0 Å². The van der Waals surface area contributed by atoms with Gasteiger partial charge in [0, 0.05) is 30.8 Å². The molecule has 0 bridgehead atoms. The lowest BCUT2D eigenvalue weighted by atomic mass is 9.98. The molecule has 0 unspecified atom stereocenters. The zero-order valence-electron chi connectivity index (χ0n) is 16.6. The number of carbonyl (C=O) groups is 2. The van der Waals surface area contributed by atoms with E-state index < -0.39 is 34.8 Å². The predicted molar refractivity (Wildman–Crippen MR) is 112 cm³/mol. The quantitative estimate of drug-likeness (QED) is 0.661. The minimum Gasteiger partial charge on any atom is -0.353 e. The number of rotatable bonds is 4. The van der Waals surface area contributed by atoms with E-state index in [1.165, 1.54) is 17.2 Å². The van der Waals surface area contributed by atoms with Crippen molar-refractivity contribution < 1.29 is 18.4 Å². The average molecular weight is 469 g/mol. The van der Waals surface area contributed by atoms with Crippen LogP contribution in [0.4, 0.5) is 13.6 Å². The monoisotopic (exact) mass is 468 g/mol. The van der Waals surface area contributed by atoms with Gasteiger partial charge in [0.1, 0.15) is 22.7 Å². The third kappa shape index (κ3) is 4.32. The van der Waals surface area contributed by atoms with Gasteiger partial charge in [0.25, 0.3) is 0 Å². The molecule has 1 saturated heterocycles. The minimum absolute atomic E-state index is 0.0362. The molecule has 10 heteroatoms. The number of urea groups is 1. The van der Waals surface area contributed by atoms with E-state index in [4.69, 9.17) is 23.2 Å². The van der Waals surface area contributed by atoms with Crippen LogP contribution >= 0.6 is 23.2 Å². The highest BCUT2D eigenvalue weighted by molar-refractivity contribution is 6.31. The Hall–Kier alpha value is -2.45. The number of carbonyl (C=O) groups excluding carboxylic acids is 2. The van der Waals surface area contributed by atoms with E-state index in [0.29, 0.717) is 23.0 Å². The second-order valence-corrected chi connectivity index (χ2v) is 8.50. The van der Waals surface area contributed by atoms with Gasteiger partial charge in [-0.25, -0.2) is 13.6 Å². The fourth-order valence-electron chi connectivity index (χ4n) is 3.65. The van der Waals surface area contributed by atoms with E-state index in [1.807, 2.05) is 0 Å². The Labute approximate surface area is 187 Å². The van der Waals surface area contributed by atoms with Crippen LogP contribution in [-0.4, -0.2) is 41.0 Å². The van der Waals surface area contributed by atoms with Gasteiger partial charge in [-0.15, -0.1) is 0 Å². The number of aromatic nitrogens is 1. The molecule has 2 fully saturated rings. The smallest absolute Gasteiger partial charge is 0.318 e. The van der Waals surface area contributed by atoms with E-state index in [9.17, 15) is 18.4 Å². The van der Waals surface area contributed by atoms with Gasteiger partial charge in [-0.05, 0) is 37.5 Å². The maximum Gasteiger partial charge on any atom is 0.318 e. The van der Waals surface area contributed by atoms with Gasteiger partial charge in [0.2, 0.25) is 5.91 Å². The second kappa shape index (κ2) is 8.59. The minimum atomic E-state index is -1.04. The van der Waals surface area contributed by atoms with Crippen LogP contribution in [0.25, 0.3) is 0 Å². The summed E-state index contributed by atoms with van der Waals surface area (Å²) in [6.45, 7) is 2.19. The number of amides is 3. The van der Waals surface area contributed by atoms with Crippen LogP contribution < -0.4 is 10.6 Å². The number of piperazine rings is 1. The number of halogens is 4. The Kier molecular flexibility index (Phi) is 6.03. The number of hydrogen-bond donors (Lipinski definition) is 2. The highest BCUT2D eigenvalue weighted by Crippen LogP contribution is 2.42. The molecule has 164 valence electrons. The summed E-state index contributed by atoms with van der Waals surface area (Å²) in [5.74, 6) is -1.87. The summed E-state index contributed by atoms with van der Waals surface area (Å²) in [7, 11) is 0. The van der Waals surface area contributed by atoms with Crippen LogP contribution in [0.5, 0.6) is 0 Å². The largest absolute Gasteiger partial charge is 0.353 e. The SMILES string of the molecule is C[C@@H]1C(=O)NCCN1C(=O)N[C@@H](c1cnc(C2CC2)c(Cl)c1)c1ccc(F)c(Cl)c1F. The van der Waals surface area contributed by atoms with Crippen molar-refractivity contribution >= 4 is 35.1 Å². The molecular formula is C21H20Cl2F2N4O2. The van der Waals surface area contributed by atoms with Crippen LogP contribution in [0.15, 0.2) is 24.4 Å². The molecule has 4 rings (SSSR count). The molecule has 1 saturated carbocycles. The third-order valence-electron chi connectivity index (χ3n) is 5.59. The number of hydrogen-bond acceptors (Lipinski definition) is 3. The molecule has 2 N–H and O–H groups in total. The molecule has 1 aliphatic carbocycles. The summed E-state index contributed by atoms with van der Waals surface area (Å²) in [6.07, 6.45) is 3.53. The molecule has 0 radical (unpaired) electrons. The molecule has 3 amide bonds.